The van der Waals surface area contributed by atoms with Gasteiger partial charge < -0.3 is 29.0 Å². The van der Waals surface area contributed by atoms with Crippen LogP contribution in [0.5, 0.6) is 17.2 Å². The molecule has 2 atom stereocenters. The van der Waals surface area contributed by atoms with E-state index in [1.807, 2.05) is 37.3 Å². The number of amides is 2. The van der Waals surface area contributed by atoms with Gasteiger partial charge in [0.25, 0.3) is 5.91 Å². The van der Waals surface area contributed by atoms with Gasteiger partial charge in [-0.05, 0) is 53.8 Å². The average molecular weight is 554 g/mol. The SMILES string of the molecule is CCc1ccc([C@H]2CN3C(=O)CN(Cc4cc(OC)c(OC)c(OC)c4)C(=O)[C@]3(C)c3[nH]c4ccccc4c32)cc1. The second-order valence-electron chi connectivity index (χ2n) is 10.9. The number of piperazine rings is 1. The van der Waals surface area contributed by atoms with Crippen LogP contribution in [0.4, 0.5) is 0 Å². The van der Waals surface area contributed by atoms with Gasteiger partial charge in [-0.25, -0.2) is 0 Å². The van der Waals surface area contributed by atoms with Gasteiger partial charge in [-0.1, -0.05) is 49.4 Å². The van der Waals surface area contributed by atoms with Gasteiger partial charge in [-0.2, -0.15) is 0 Å². The molecule has 8 heteroatoms. The number of aromatic nitrogens is 1. The summed E-state index contributed by atoms with van der Waals surface area (Å²) in [6, 6.07) is 20.4. The molecule has 6 rings (SSSR count). The molecule has 0 spiro atoms. The van der Waals surface area contributed by atoms with Gasteiger partial charge >= 0.3 is 0 Å². The van der Waals surface area contributed by atoms with Gasteiger partial charge in [0.1, 0.15) is 6.54 Å². The van der Waals surface area contributed by atoms with Crippen molar-refractivity contribution in [3.63, 3.8) is 0 Å². The Morgan fingerprint density at radius 3 is 2.24 bits per heavy atom. The van der Waals surface area contributed by atoms with Crippen molar-refractivity contribution in [2.24, 2.45) is 0 Å². The van der Waals surface area contributed by atoms with Crippen molar-refractivity contribution in [3.05, 3.63) is 88.6 Å². The molecule has 41 heavy (non-hydrogen) atoms. The van der Waals surface area contributed by atoms with Crippen LogP contribution in [0, 0.1) is 0 Å². The first-order valence-corrected chi connectivity index (χ1v) is 13.9. The lowest BCUT2D eigenvalue weighted by Gasteiger charge is -2.51. The van der Waals surface area contributed by atoms with E-state index >= 15 is 0 Å². The van der Waals surface area contributed by atoms with Crippen LogP contribution < -0.4 is 14.2 Å². The van der Waals surface area contributed by atoms with Crippen LogP contribution in [-0.2, 0) is 28.1 Å². The number of fused-ring (bicyclic) bond motifs is 5. The lowest BCUT2D eigenvalue weighted by molar-refractivity contribution is -0.166. The van der Waals surface area contributed by atoms with Gasteiger partial charge in [0.05, 0.1) is 27.0 Å². The Bertz CT molecular complexity index is 1620. The third kappa shape index (κ3) is 4.12. The first-order valence-electron chi connectivity index (χ1n) is 13.9. The highest BCUT2D eigenvalue weighted by atomic mass is 16.5. The number of rotatable bonds is 7. The van der Waals surface area contributed by atoms with Crippen LogP contribution in [0.2, 0.25) is 0 Å². The minimum absolute atomic E-state index is 0.0118. The first kappa shape index (κ1) is 26.7. The fourth-order valence-electron chi connectivity index (χ4n) is 6.54. The Labute approximate surface area is 239 Å². The molecular formula is C33H35N3O5. The average Bonchev–Trinajstić information content (AvgIpc) is 3.40. The van der Waals surface area contributed by atoms with Crippen molar-refractivity contribution in [3.8, 4) is 17.2 Å². The summed E-state index contributed by atoms with van der Waals surface area (Å²) < 4.78 is 16.5. The van der Waals surface area contributed by atoms with Crippen LogP contribution in [0.1, 0.15) is 47.7 Å². The quantitative estimate of drug-likeness (QED) is 0.349. The summed E-state index contributed by atoms with van der Waals surface area (Å²) in [4.78, 5) is 35.3. The summed E-state index contributed by atoms with van der Waals surface area (Å²) in [6.07, 6.45) is 0.961. The molecule has 1 fully saturated rings. The zero-order chi connectivity index (χ0) is 28.9. The Morgan fingerprint density at radius 1 is 0.927 bits per heavy atom. The summed E-state index contributed by atoms with van der Waals surface area (Å²) in [5.41, 5.74) is 4.82. The number of hydrogen-bond acceptors (Lipinski definition) is 5. The van der Waals surface area contributed by atoms with E-state index in [2.05, 4.69) is 42.2 Å². The summed E-state index contributed by atoms with van der Waals surface area (Å²) in [5, 5.41) is 1.08. The molecule has 8 nitrogen and oxygen atoms in total. The summed E-state index contributed by atoms with van der Waals surface area (Å²) >= 11 is 0. The van der Waals surface area contributed by atoms with Gasteiger partial charge in [0.2, 0.25) is 11.7 Å². The normalized spacial score (nSPS) is 20.2. The second-order valence-corrected chi connectivity index (χ2v) is 10.9. The molecule has 0 aliphatic carbocycles. The van der Waals surface area contributed by atoms with Crippen LogP contribution in [0.15, 0.2) is 60.7 Å². The Hall–Kier alpha value is -4.46. The zero-order valence-electron chi connectivity index (χ0n) is 24.1. The lowest BCUT2D eigenvalue weighted by Crippen LogP contribution is -2.67. The molecule has 4 aromatic rings. The maximum Gasteiger partial charge on any atom is 0.255 e. The van der Waals surface area contributed by atoms with Crippen molar-refractivity contribution in [2.75, 3.05) is 34.4 Å². The van der Waals surface area contributed by atoms with E-state index in [4.69, 9.17) is 14.2 Å². The van der Waals surface area contributed by atoms with Gasteiger partial charge in [-0.3, -0.25) is 9.59 Å². The van der Waals surface area contributed by atoms with E-state index < -0.39 is 5.54 Å². The highest BCUT2D eigenvalue weighted by Gasteiger charge is 2.56. The van der Waals surface area contributed by atoms with Crippen LogP contribution in [0.3, 0.4) is 0 Å². The van der Waals surface area contributed by atoms with Crippen molar-refractivity contribution in [1.82, 2.24) is 14.8 Å². The highest BCUT2D eigenvalue weighted by molar-refractivity contribution is 6.01. The first-order chi connectivity index (χ1) is 19.8. The standard InChI is InChI=1S/C33H35N3O5/c1-6-20-11-13-22(14-12-20)24-18-36-28(37)19-35(17-21-15-26(39-3)30(41-5)27(16-21)40-4)32(38)33(36,2)31-29(24)23-9-7-8-10-25(23)34-31/h7-16,24,34H,6,17-19H2,1-5H3/t24-,33+/m1/s1. The topological polar surface area (TPSA) is 84.1 Å². The summed E-state index contributed by atoms with van der Waals surface area (Å²) in [5.74, 6) is 1.21. The minimum atomic E-state index is -1.18. The summed E-state index contributed by atoms with van der Waals surface area (Å²) in [7, 11) is 4.66. The predicted octanol–water partition coefficient (Wildman–Crippen LogP) is 4.99. The minimum Gasteiger partial charge on any atom is -0.493 e. The molecule has 3 aromatic carbocycles. The fraction of sp³-hybridized carbons (Fsp3) is 0.333. The molecule has 0 radical (unpaired) electrons. The molecule has 0 unspecified atom stereocenters. The van der Waals surface area contributed by atoms with Crippen LogP contribution in [-0.4, -0.2) is 61.0 Å². The van der Waals surface area contributed by atoms with E-state index in [0.717, 1.165) is 39.7 Å². The number of nitrogens with zero attached hydrogens (tertiary/aromatic N) is 2. The number of H-pyrrole nitrogens is 1. The fourth-order valence-corrected chi connectivity index (χ4v) is 6.54. The van der Waals surface area contributed by atoms with Gasteiger partial charge in [0.15, 0.2) is 17.0 Å². The third-order valence-corrected chi connectivity index (χ3v) is 8.71. The lowest BCUT2D eigenvalue weighted by atomic mass is 9.76. The van der Waals surface area contributed by atoms with E-state index in [1.54, 1.807) is 31.1 Å². The van der Waals surface area contributed by atoms with Crippen molar-refractivity contribution < 1.29 is 23.8 Å². The number of carbonyl (C=O) groups excluding carboxylic acids is 2. The molecule has 1 saturated heterocycles. The smallest absolute Gasteiger partial charge is 0.255 e. The number of carbonyl (C=O) groups is 2. The molecule has 0 bridgehead atoms. The number of benzene rings is 3. The molecule has 1 N–H and O–H groups in total. The van der Waals surface area contributed by atoms with Gasteiger partial charge in [0, 0.05) is 29.9 Å². The van der Waals surface area contributed by atoms with Crippen LogP contribution in [0.25, 0.3) is 10.9 Å². The summed E-state index contributed by atoms with van der Waals surface area (Å²) in [6.45, 7) is 4.66. The van der Waals surface area contributed by atoms with Crippen molar-refractivity contribution >= 4 is 22.7 Å². The number of ether oxygens (including phenoxy) is 3. The number of nitrogens with one attached hydrogen (secondary N) is 1. The van der Waals surface area contributed by atoms with E-state index in [-0.39, 0.29) is 30.8 Å². The Balaban J connectivity index is 1.44. The third-order valence-electron chi connectivity index (χ3n) is 8.71. The van der Waals surface area contributed by atoms with Crippen molar-refractivity contribution in [2.45, 2.75) is 38.3 Å². The van der Waals surface area contributed by atoms with E-state index in [0.29, 0.717) is 23.8 Å². The highest BCUT2D eigenvalue weighted by Crippen LogP contribution is 2.48. The largest absolute Gasteiger partial charge is 0.493 e. The molecule has 0 saturated carbocycles. The Kier molecular flexibility index (Phi) is 6.64. The molecule has 2 amide bonds. The zero-order valence-corrected chi connectivity index (χ0v) is 24.1. The molecule has 2 aliphatic heterocycles. The number of aryl methyl sites for hydroxylation is 1. The van der Waals surface area contributed by atoms with Crippen molar-refractivity contribution in [1.29, 1.82) is 0 Å². The molecular weight excluding hydrogens is 518 g/mol. The van der Waals surface area contributed by atoms with E-state index in [1.165, 1.54) is 5.56 Å². The number of hydrogen-bond donors (Lipinski definition) is 1. The van der Waals surface area contributed by atoms with E-state index in [9.17, 15) is 9.59 Å². The predicted molar refractivity (Wildman–Crippen MR) is 157 cm³/mol. The number of aromatic amines is 1. The maximum atomic E-state index is 14.5. The van der Waals surface area contributed by atoms with Gasteiger partial charge in [-0.15, -0.1) is 0 Å². The Morgan fingerprint density at radius 2 is 1.61 bits per heavy atom. The molecule has 1 aromatic heterocycles. The monoisotopic (exact) mass is 553 g/mol. The number of para-hydroxylation sites is 1. The maximum absolute atomic E-state index is 14.5. The second kappa shape index (κ2) is 10.2. The number of methoxy groups -OCH3 is 3. The molecule has 2 aliphatic rings. The van der Waals surface area contributed by atoms with Crippen LogP contribution >= 0.6 is 0 Å². The molecule has 212 valence electrons. The molecule has 3 heterocycles.